The van der Waals surface area contributed by atoms with Crippen LogP contribution in [-0.2, 0) is 7.05 Å². The van der Waals surface area contributed by atoms with Crippen molar-refractivity contribution < 1.29 is 0 Å². The first-order chi connectivity index (χ1) is 6.59. The molecule has 0 amide bonds. The van der Waals surface area contributed by atoms with Crippen LogP contribution in [0.3, 0.4) is 0 Å². The van der Waals surface area contributed by atoms with E-state index in [1.54, 1.807) is 12.3 Å². The van der Waals surface area contributed by atoms with Crippen LogP contribution in [-0.4, -0.2) is 14.5 Å². The number of H-pyrrole nitrogens is 1. The van der Waals surface area contributed by atoms with Crippen molar-refractivity contribution in [1.82, 2.24) is 14.5 Å². The predicted octanol–water partition coefficient (Wildman–Crippen LogP) is -0.0698. The number of nitrogens with one attached hydrogen (secondary N) is 1. The standard InChI is InChI=1S/C9H9N3O2/c1-5-3-6-7(10-4-5)8(13)12(2)9(14)11-6/h3-4H,1-2H3,(H,11,14). The topological polar surface area (TPSA) is 67.8 Å². The summed E-state index contributed by atoms with van der Waals surface area (Å²) in [6, 6.07) is 1.73. The molecule has 14 heavy (non-hydrogen) atoms. The lowest BCUT2D eigenvalue weighted by Gasteiger charge is -2.00. The van der Waals surface area contributed by atoms with Gasteiger partial charge in [0, 0.05) is 13.2 Å². The number of aromatic amines is 1. The van der Waals surface area contributed by atoms with Crippen LogP contribution < -0.4 is 11.2 Å². The van der Waals surface area contributed by atoms with Crippen molar-refractivity contribution in [2.75, 3.05) is 0 Å². The predicted molar refractivity (Wildman–Crippen MR) is 52.3 cm³/mol. The van der Waals surface area contributed by atoms with Crippen LogP contribution in [0.1, 0.15) is 5.56 Å². The van der Waals surface area contributed by atoms with Crippen LogP contribution in [0.5, 0.6) is 0 Å². The van der Waals surface area contributed by atoms with E-state index in [1.165, 1.54) is 7.05 Å². The molecule has 0 aliphatic heterocycles. The fraction of sp³-hybridized carbons (Fsp3) is 0.222. The molecule has 0 bridgehead atoms. The number of hydrogen-bond donors (Lipinski definition) is 1. The molecule has 0 aliphatic rings. The van der Waals surface area contributed by atoms with Gasteiger partial charge >= 0.3 is 5.69 Å². The molecule has 2 rings (SSSR count). The molecule has 0 fully saturated rings. The van der Waals surface area contributed by atoms with E-state index in [2.05, 4.69) is 9.97 Å². The Morgan fingerprint density at radius 1 is 1.43 bits per heavy atom. The molecule has 0 saturated carbocycles. The smallest absolute Gasteiger partial charge is 0.305 e. The quantitative estimate of drug-likeness (QED) is 0.633. The van der Waals surface area contributed by atoms with Crippen molar-refractivity contribution in [3.63, 3.8) is 0 Å². The van der Waals surface area contributed by atoms with E-state index in [4.69, 9.17) is 0 Å². The fourth-order valence-electron chi connectivity index (χ4n) is 1.29. The van der Waals surface area contributed by atoms with Gasteiger partial charge in [-0.05, 0) is 18.6 Å². The zero-order valence-electron chi connectivity index (χ0n) is 7.87. The molecule has 5 nitrogen and oxygen atoms in total. The minimum absolute atomic E-state index is 0.290. The van der Waals surface area contributed by atoms with Gasteiger partial charge in [-0.3, -0.25) is 9.36 Å². The van der Waals surface area contributed by atoms with E-state index in [0.29, 0.717) is 5.52 Å². The van der Waals surface area contributed by atoms with Gasteiger partial charge in [0.15, 0.2) is 5.52 Å². The largest absolute Gasteiger partial charge is 0.328 e. The Kier molecular flexibility index (Phi) is 1.73. The first-order valence-electron chi connectivity index (χ1n) is 4.15. The molecule has 2 aromatic heterocycles. The summed E-state index contributed by atoms with van der Waals surface area (Å²) in [5.41, 5.74) is 0.885. The van der Waals surface area contributed by atoms with Crippen molar-refractivity contribution in [3.05, 3.63) is 38.7 Å². The van der Waals surface area contributed by atoms with Gasteiger partial charge in [-0.25, -0.2) is 9.78 Å². The Morgan fingerprint density at radius 2 is 2.14 bits per heavy atom. The normalized spacial score (nSPS) is 10.7. The molecule has 0 atom stereocenters. The van der Waals surface area contributed by atoms with Gasteiger partial charge < -0.3 is 4.98 Å². The Bertz CT molecular complexity index is 609. The van der Waals surface area contributed by atoms with E-state index in [-0.39, 0.29) is 11.1 Å². The zero-order chi connectivity index (χ0) is 10.3. The first kappa shape index (κ1) is 8.68. The maximum Gasteiger partial charge on any atom is 0.328 e. The zero-order valence-corrected chi connectivity index (χ0v) is 7.87. The molecular weight excluding hydrogens is 182 g/mol. The van der Waals surface area contributed by atoms with Gasteiger partial charge in [-0.1, -0.05) is 0 Å². The van der Waals surface area contributed by atoms with Crippen molar-refractivity contribution in [3.8, 4) is 0 Å². The van der Waals surface area contributed by atoms with Crippen molar-refractivity contribution in [2.45, 2.75) is 6.92 Å². The average Bonchev–Trinajstić information content (AvgIpc) is 2.14. The highest BCUT2D eigenvalue weighted by atomic mass is 16.2. The summed E-state index contributed by atoms with van der Waals surface area (Å²) in [5.74, 6) is 0. The molecule has 0 aliphatic carbocycles. The Balaban J connectivity index is 3.06. The van der Waals surface area contributed by atoms with Crippen LogP contribution in [0.15, 0.2) is 21.9 Å². The summed E-state index contributed by atoms with van der Waals surface area (Å²) >= 11 is 0. The summed E-state index contributed by atoms with van der Waals surface area (Å²) in [5, 5.41) is 0. The average molecular weight is 191 g/mol. The van der Waals surface area contributed by atoms with Gasteiger partial charge in [-0.2, -0.15) is 0 Å². The SMILES string of the molecule is Cc1cnc2c(=O)n(C)c(=O)[nH]c2c1. The molecule has 0 aromatic carbocycles. The number of fused-ring (bicyclic) bond motifs is 1. The van der Waals surface area contributed by atoms with Gasteiger partial charge in [0.1, 0.15) is 0 Å². The molecule has 0 radical (unpaired) electrons. The van der Waals surface area contributed by atoms with Crippen LogP contribution in [0.2, 0.25) is 0 Å². The Hall–Kier alpha value is -1.91. The van der Waals surface area contributed by atoms with Crippen LogP contribution >= 0.6 is 0 Å². The summed E-state index contributed by atoms with van der Waals surface area (Å²) in [6.07, 6.45) is 1.60. The molecule has 0 unspecified atom stereocenters. The minimum Gasteiger partial charge on any atom is -0.305 e. The number of nitrogens with zero attached hydrogens (tertiary/aromatic N) is 2. The molecule has 2 aromatic rings. The molecule has 5 heteroatoms. The third-order valence-electron chi connectivity index (χ3n) is 2.08. The third kappa shape index (κ3) is 1.14. The molecule has 0 spiro atoms. The summed E-state index contributed by atoms with van der Waals surface area (Å²) in [7, 11) is 1.42. The van der Waals surface area contributed by atoms with Crippen LogP contribution in [0.25, 0.3) is 11.0 Å². The van der Waals surface area contributed by atoms with E-state index in [1.807, 2.05) is 6.92 Å². The van der Waals surface area contributed by atoms with Crippen LogP contribution in [0.4, 0.5) is 0 Å². The maximum absolute atomic E-state index is 11.5. The Labute approximate surface area is 79.0 Å². The second kappa shape index (κ2) is 2.80. The first-order valence-corrected chi connectivity index (χ1v) is 4.15. The highest BCUT2D eigenvalue weighted by Gasteiger charge is 2.04. The van der Waals surface area contributed by atoms with E-state index < -0.39 is 5.69 Å². The number of rotatable bonds is 0. The Morgan fingerprint density at radius 3 is 2.86 bits per heavy atom. The van der Waals surface area contributed by atoms with E-state index in [9.17, 15) is 9.59 Å². The van der Waals surface area contributed by atoms with Crippen molar-refractivity contribution in [1.29, 1.82) is 0 Å². The summed E-state index contributed by atoms with van der Waals surface area (Å²) in [6.45, 7) is 1.85. The number of hydrogen-bond acceptors (Lipinski definition) is 3. The molecule has 0 saturated heterocycles. The summed E-state index contributed by atoms with van der Waals surface area (Å²) < 4.78 is 1.00. The molecule has 1 N–H and O–H groups in total. The lowest BCUT2D eigenvalue weighted by atomic mass is 10.3. The lowest BCUT2D eigenvalue weighted by molar-refractivity contribution is 0.790. The summed E-state index contributed by atoms with van der Waals surface area (Å²) in [4.78, 5) is 29.3. The highest BCUT2D eigenvalue weighted by Crippen LogP contribution is 2.03. The highest BCUT2D eigenvalue weighted by molar-refractivity contribution is 5.72. The molecular formula is C9H9N3O2. The third-order valence-corrected chi connectivity index (χ3v) is 2.08. The second-order valence-corrected chi connectivity index (χ2v) is 3.20. The number of pyridine rings is 1. The molecule has 2 heterocycles. The molecule has 72 valence electrons. The maximum atomic E-state index is 11.5. The van der Waals surface area contributed by atoms with Gasteiger partial charge in [0.2, 0.25) is 0 Å². The van der Waals surface area contributed by atoms with E-state index >= 15 is 0 Å². The second-order valence-electron chi connectivity index (χ2n) is 3.20. The fourth-order valence-corrected chi connectivity index (χ4v) is 1.29. The van der Waals surface area contributed by atoms with Crippen molar-refractivity contribution >= 4 is 11.0 Å². The number of aryl methyl sites for hydroxylation is 1. The lowest BCUT2D eigenvalue weighted by Crippen LogP contribution is -2.32. The van der Waals surface area contributed by atoms with Crippen molar-refractivity contribution in [2.24, 2.45) is 7.05 Å². The van der Waals surface area contributed by atoms with Gasteiger partial charge in [-0.15, -0.1) is 0 Å². The van der Waals surface area contributed by atoms with Gasteiger partial charge in [0.25, 0.3) is 5.56 Å². The van der Waals surface area contributed by atoms with Crippen LogP contribution in [0, 0.1) is 6.92 Å². The monoisotopic (exact) mass is 191 g/mol. The van der Waals surface area contributed by atoms with E-state index in [0.717, 1.165) is 10.1 Å². The number of aromatic nitrogens is 3. The minimum atomic E-state index is -0.421. The van der Waals surface area contributed by atoms with Gasteiger partial charge in [0.05, 0.1) is 5.52 Å².